The Labute approximate surface area is 157 Å². The molecule has 0 fully saturated rings. The number of halogens is 3. The average Bonchev–Trinajstić information content (AvgIpc) is 3.28. The minimum absolute atomic E-state index is 0.00515. The van der Waals surface area contributed by atoms with E-state index in [0.717, 1.165) is 0 Å². The van der Waals surface area contributed by atoms with Gasteiger partial charge in [-0.15, -0.1) is 10.2 Å². The highest BCUT2D eigenvalue weighted by Gasteiger charge is 2.42. The molecule has 1 aliphatic heterocycles. The Kier molecular flexibility index (Phi) is 4.48. The van der Waals surface area contributed by atoms with Gasteiger partial charge >= 0.3 is 6.18 Å². The number of methoxy groups -OCH3 is 1. The molecule has 2 aromatic heterocycles. The van der Waals surface area contributed by atoms with Crippen LogP contribution in [0.1, 0.15) is 28.6 Å². The summed E-state index contributed by atoms with van der Waals surface area (Å²) in [4.78, 5) is 12.4. The highest BCUT2D eigenvalue weighted by Crippen LogP contribution is 2.34. The fourth-order valence-electron chi connectivity index (χ4n) is 3.34. The number of amides is 1. The third-order valence-corrected chi connectivity index (χ3v) is 4.85. The number of carbonyl (C=O) groups excluding carboxylic acids is 1. The Morgan fingerprint density at radius 2 is 2.21 bits per heavy atom. The van der Waals surface area contributed by atoms with Crippen molar-refractivity contribution in [3.63, 3.8) is 0 Å². The number of nitrogens with zero attached hydrogens (tertiary/aromatic N) is 3. The van der Waals surface area contributed by atoms with Crippen LogP contribution in [-0.4, -0.2) is 34.0 Å². The molecule has 0 spiro atoms. The number of nitrogens with one attached hydrogen (secondary N) is 1. The summed E-state index contributed by atoms with van der Waals surface area (Å²) in [6.45, 7) is -0.288. The van der Waals surface area contributed by atoms with Gasteiger partial charge in [-0.05, 0) is 18.6 Å². The SMILES string of the molecule is COc1cccc2cc(C(=O)NCc3nnc4n3C[C@@H](C(F)(F)F)CC4)oc12. The summed E-state index contributed by atoms with van der Waals surface area (Å²) in [6.07, 6.45) is -4.07. The molecule has 1 aliphatic rings. The van der Waals surface area contributed by atoms with E-state index in [9.17, 15) is 18.0 Å². The van der Waals surface area contributed by atoms with Crippen molar-refractivity contribution >= 4 is 16.9 Å². The van der Waals surface area contributed by atoms with Crippen LogP contribution in [0.15, 0.2) is 28.7 Å². The predicted molar refractivity (Wildman–Crippen MR) is 91.8 cm³/mol. The molecule has 1 amide bonds. The number of rotatable bonds is 4. The van der Waals surface area contributed by atoms with Gasteiger partial charge in [-0.25, -0.2) is 0 Å². The Morgan fingerprint density at radius 3 is 2.96 bits per heavy atom. The Hall–Kier alpha value is -3.04. The lowest BCUT2D eigenvalue weighted by atomic mass is 9.99. The van der Waals surface area contributed by atoms with Crippen molar-refractivity contribution in [1.29, 1.82) is 0 Å². The number of hydrogen-bond donors (Lipinski definition) is 1. The first-order chi connectivity index (χ1) is 13.4. The van der Waals surface area contributed by atoms with Crippen LogP contribution in [0.25, 0.3) is 11.0 Å². The normalized spacial score (nSPS) is 16.8. The largest absolute Gasteiger partial charge is 0.493 e. The fourth-order valence-corrected chi connectivity index (χ4v) is 3.34. The lowest BCUT2D eigenvalue weighted by Crippen LogP contribution is -2.33. The number of furan rings is 1. The third-order valence-electron chi connectivity index (χ3n) is 4.85. The van der Waals surface area contributed by atoms with E-state index in [0.29, 0.717) is 22.5 Å². The van der Waals surface area contributed by atoms with E-state index >= 15 is 0 Å². The molecule has 1 N–H and O–H groups in total. The van der Waals surface area contributed by atoms with Gasteiger partial charge in [0.05, 0.1) is 19.6 Å². The van der Waals surface area contributed by atoms with Gasteiger partial charge in [-0.1, -0.05) is 12.1 Å². The number of ether oxygens (including phenoxy) is 1. The molecule has 28 heavy (non-hydrogen) atoms. The molecule has 7 nitrogen and oxygen atoms in total. The van der Waals surface area contributed by atoms with Gasteiger partial charge < -0.3 is 19.0 Å². The van der Waals surface area contributed by atoms with Crippen LogP contribution in [0.2, 0.25) is 0 Å². The first kappa shape index (κ1) is 18.3. The van der Waals surface area contributed by atoms with Crippen LogP contribution < -0.4 is 10.1 Å². The van der Waals surface area contributed by atoms with Gasteiger partial charge in [0.2, 0.25) is 0 Å². The highest BCUT2D eigenvalue weighted by atomic mass is 19.4. The minimum atomic E-state index is -4.27. The molecule has 0 unspecified atom stereocenters. The zero-order chi connectivity index (χ0) is 19.9. The summed E-state index contributed by atoms with van der Waals surface area (Å²) in [6, 6.07) is 6.85. The zero-order valence-corrected chi connectivity index (χ0v) is 14.9. The lowest BCUT2D eigenvalue weighted by molar-refractivity contribution is -0.182. The van der Waals surface area contributed by atoms with Crippen molar-refractivity contribution in [2.45, 2.75) is 32.1 Å². The Balaban J connectivity index is 1.49. The monoisotopic (exact) mass is 394 g/mol. The Morgan fingerprint density at radius 1 is 1.39 bits per heavy atom. The van der Waals surface area contributed by atoms with Crippen LogP contribution in [0.4, 0.5) is 13.2 Å². The van der Waals surface area contributed by atoms with Crippen molar-refractivity contribution in [2.24, 2.45) is 5.92 Å². The molecule has 0 aliphatic carbocycles. The number of carbonyl (C=O) groups is 1. The van der Waals surface area contributed by atoms with E-state index < -0.39 is 18.0 Å². The van der Waals surface area contributed by atoms with Gasteiger partial charge in [-0.2, -0.15) is 13.2 Å². The molecule has 10 heteroatoms. The zero-order valence-electron chi connectivity index (χ0n) is 14.9. The number of benzene rings is 1. The van der Waals surface area contributed by atoms with Crippen LogP contribution in [-0.2, 0) is 19.5 Å². The van der Waals surface area contributed by atoms with E-state index in [1.807, 2.05) is 0 Å². The fraction of sp³-hybridized carbons (Fsp3) is 0.389. The standard InChI is InChI=1S/C18H17F3N4O3/c1-27-12-4-2-3-10-7-13(28-16(10)12)17(26)22-8-15-24-23-14-6-5-11(9-25(14)15)18(19,20)21/h2-4,7,11H,5-6,8-9H2,1H3,(H,22,26)/t11-/m0/s1. The molecule has 0 bridgehead atoms. The summed E-state index contributed by atoms with van der Waals surface area (Å²) in [7, 11) is 1.50. The van der Waals surface area contributed by atoms with Crippen LogP contribution in [0.3, 0.4) is 0 Å². The van der Waals surface area contributed by atoms with Crippen LogP contribution in [0, 0.1) is 5.92 Å². The predicted octanol–water partition coefficient (Wildman–Crippen LogP) is 3.09. The molecule has 1 aromatic carbocycles. The first-order valence-electron chi connectivity index (χ1n) is 8.69. The maximum absolute atomic E-state index is 13.0. The molecule has 0 saturated heterocycles. The van der Waals surface area contributed by atoms with Crippen molar-refractivity contribution in [3.8, 4) is 5.75 Å². The Bertz CT molecular complexity index is 1020. The molecule has 0 radical (unpaired) electrons. The van der Waals surface area contributed by atoms with Crippen LogP contribution >= 0.6 is 0 Å². The van der Waals surface area contributed by atoms with Gasteiger partial charge in [0.25, 0.3) is 5.91 Å². The van der Waals surface area contributed by atoms with E-state index in [-0.39, 0.29) is 37.5 Å². The van der Waals surface area contributed by atoms with Crippen molar-refractivity contribution < 1.29 is 27.1 Å². The van der Waals surface area contributed by atoms with Gasteiger partial charge in [0, 0.05) is 18.4 Å². The van der Waals surface area contributed by atoms with E-state index in [1.165, 1.54) is 11.7 Å². The number of aromatic nitrogens is 3. The van der Waals surface area contributed by atoms with E-state index in [4.69, 9.17) is 9.15 Å². The minimum Gasteiger partial charge on any atom is -0.493 e. The number of hydrogen-bond acceptors (Lipinski definition) is 5. The summed E-state index contributed by atoms with van der Waals surface area (Å²) in [5, 5.41) is 11.2. The van der Waals surface area contributed by atoms with Crippen molar-refractivity contribution in [3.05, 3.63) is 41.7 Å². The quantitative estimate of drug-likeness (QED) is 0.735. The molecular formula is C18H17F3N4O3. The molecule has 1 atom stereocenters. The molecule has 0 saturated carbocycles. The van der Waals surface area contributed by atoms with Crippen molar-refractivity contribution in [2.75, 3.05) is 7.11 Å². The molecule has 4 rings (SSSR count). The maximum atomic E-state index is 13.0. The van der Waals surface area contributed by atoms with Crippen LogP contribution in [0.5, 0.6) is 5.75 Å². The molecule has 3 heterocycles. The first-order valence-corrected chi connectivity index (χ1v) is 8.69. The summed E-state index contributed by atoms with van der Waals surface area (Å²) in [5.41, 5.74) is 0.447. The summed E-state index contributed by atoms with van der Waals surface area (Å²) >= 11 is 0. The second-order valence-electron chi connectivity index (χ2n) is 6.59. The van der Waals surface area contributed by atoms with E-state index in [1.54, 1.807) is 24.3 Å². The average molecular weight is 394 g/mol. The van der Waals surface area contributed by atoms with Crippen molar-refractivity contribution in [1.82, 2.24) is 20.1 Å². The molecular weight excluding hydrogens is 377 g/mol. The van der Waals surface area contributed by atoms with Gasteiger partial charge in [-0.3, -0.25) is 4.79 Å². The second kappa shape index (κ2) is 6.84. The van der Waals surface area contributed by atoms with Gasteiger partial charge in [0.1, 0.15) is 5.82 Å². The van der Waals surface area contributed by atoms with Gasteiger partial charge in [0.15, 0.2) is 22.9 Å². The second-order valence-corrected chi connectivity index (χ2v) is 6.59. The highest BCUT2D eigenvalue weighted by molar-refractivity contribution is 5.97. The number of para-hydroxylation sites is 1. The van der Waals surface area contributed by atoms with E-state index in [2.05, 4.69) is 15.5 Å². The smallest absolute Gasteiger partial charge is 0.393 e. The number of fused-ring (bicyclic) bond motifs is 2. The maximum Gasteiger partial charge on any atom is 0.393 e. The molecule has 3 aromatic rings. The third kappa shape index (κ3) is 3.30. The summed E-state index contributed by atoms with van der Waals surface area (Å²) in [5.74, 6) is -0.580. The topological polar surface area (TPSA) is 82.2 Å². The number of aryl methyl sites for hydroxylation is 1. The molecule has 148 valence electrons. The summed E-state index contributed by atoms with van der Waals surface area (Å²) < 4.78 is 51.3. The number of alkyl halides is 3. The lowest BCUT2D eigenvalue weighted by Gasteiger charge is -2.26.